The molecule has 1 atom stereocenters. The van der Waals surface area contributed by atoms with Gasteiger partial charge in [-0.25, -0.2) is 8.42 Å². The minimum Gasteiger partial charge on any atom is -0.480 e. The van der Waals surface area contributed by atoms with Gasteiger partial charge in [-0.05, 0) is 19.1 Å². The monoisotopic (exact) mass is 287 g/mol. The smallest absolute Gasteiger partial charge is 0.324 e. The average Bonchev–Trinajstić information content (AvgIpc) is 2.35. The van der Waals surface area contributed by atoms with E-state index in [1.807, 2.05) is 4.72 Å². The van der Waals surface area contributed by atoms with Gasteiger partial charge in [0.05, 0.1) is 11.5 Å². The second-order valence-electron chi connectivity index (χ2n) is 3.78. The lowest BCUT2D eigenvalue weighted by Crippen LogP contribution is -2.43. The first-order valence-corrected chi connectivity index (χ1v) is 6.73. The number of nitrogens with one attached hydrogen (secondary N) is 1. The maximum absolute atomic E-state index is 11.9. The van der Waals surface area contributed by atoms with Crippen LogP contribution in [0.4, 0.5) is 0 Å². The van der Waals surface area contributed by atoms with E-state index in [1.165, 1.54) is 25.1 Å². The first kappa shape index (κ1) is 15.3. The molecular weight excluding hydrogens is 274 g/mol. The van der Waals surface area contributed by atoms with Crippen molar-refractivity contribution < 1.29 is 28.2 Å². The van der Waals surface area contributed by atoms with Gasteiger partial charge in [0, 0.05) is 5.56 Å². The molecule has 1 rings (SSSR count). The summed E-state index contributed by atoms with van der Waals surface area (Å²) in [5.41, 5.74) is 0.193. The van der Waals surface area contributed by atoms with Crippen LogP contribution in [0.3, 0.4) is 0 Å². The number of ketones is 1. The fraction of sp³-hybridized carbons (Fsp3) is 0.273. The number of benzene rings is 1. The van der Waals surface area contributed by atoms with Crippen molar-refractivity contribution in [2.75, 3.05) is 6.61 Å². The summed E-state index contributed by atoms with van der Waals surface area (Å²) in [6.07, 6.45) is 0. The normalized spacial score (nSPS) is 12.9. The Morgan fingerprint density at radius 2 is 2.00 bits per heavy atom. The molecule has 0 aliphatic rings. The van der Waals surface area contributed by atoms with Crippen molar-refractivity contribution in [2.45, 2.75) is 17.9 Å². The fourth-order valence-corrected chi connectivity index (χ4v) is 2.53. The van der Waals surface area contributed by atoms with Crippen molar-refractivity contribution in [2.24, 2.45) is 0 Å². The Labute approximate surface area is 109 Å². The summed E-state index contributed by atoms with van der Waals surface area (Å²) < 4.78 is 25.6. The molecule has 1 aromatic rings. The molecular formula is C11H13NO6S. The van der Waals surface area contributed by atoms with Crippen LogP contribution in [0, 0.1) is 0 Å². The fourth-order valence-electron chi connectivity index (χ4n) is 1.30. The number of carbonyl (C=O) groups excluding carboxylic acids is 1. The second-order valence-corrected chi connectivity index (χ2v) is 5.49. The van der Waals surface area contributed by atoms with Crippen molar-refractivity contribution >= 4 is 21.8 Å². The minimum atomic E-state index is -4.12. The maximum Gasteiger partial charge on any atom is 0.324 e. The van der Waals surface area contributed by atoms with Crippen LogP contribution in [-0.4, -0.2) is 43.0 Å². The summed E-state index contributed by atoms with van der Waals surface area (Å²) >= 11 is 0. The van der Waals surface area contributed by atoms with Crippen molar-refractivity contribution in [1.82, 2.24) is 4.72 Å². The molecule has 19 heavy (non-hydrogen) atoms. The number of rotatable bonds is 6. The van der Waals surface area contributed by atoms with E-state index in [0.717, 1.165) is 6.07 Å². The highest BCUT2D eigenvalue weighted by atomic mass is 32.2. The Kier molecular flexibility index (Phi) is 4.76. The summed E-state index contributed by atoms with van der Waals surface area (Å²) in [5, 5.41) is 17.5. The van der Waals surface area contributed by atoms with Gasteiger partial charge in [-0.15, -0.1) is 0 Å². The van der Waals surface area contributed by atoms with Crippen LogP contribution < -0.4 is 4.72 Å². The Bertz CT molecular complexity index is 595. The molecule has 7 nitrogen and oxygen atoms in total. The van der Waals surface area contributed by atoms with Crippen LogP contribution in [0.15, 0.2) is 29.2 Å². The number of aliphatic hydroxyl groups excluding tert-OH is 1. The molecule has 0 heterocycles. The zero-order valence-electron chi connectivity index (χ0n) is 10.0. The summed E-state index contributed by atoms with van der Waals surface area (Å²) in [6.45, 7) is 0.411. The largest absolute Gasteiger partial charge is 0.480 e. The zero-order chi connectivity index (χ0) is 14.6. The molecule has 0 unspecified atom stereocenters. The van der Waals surface area contributed by atoms with Gasteiger partial charge >= 0.3 is 5.97 Å². The van der Waals surface area contributed by atoms with E-state index < -0.39 is 28.6 Å². The van der Waals surface area contributed by atoms with Crippen molar-refractivity contribution in [3.05, 3.63) is 29.8 Å². The highest BCUT2D eigenvalue weighted by Crippen LogP contribution is 2.12. The van der Waals surface area contributed by atoms with Gasteiger partial charge in [-0.1, -0.05) is 12.1 Å². The summed E-state index contributed by atoms with van der Waals surface area (Å²) in [4.78, 5) is 21.6. The van der Waals surface area contributed by atoms with Crippen LogP contribution in [0.1, 0.15) is 17.3 Å². The highest BCUT2D eigenvalue weighted by molar-refractivity contribution is 7.89. The number of carboxylic acid groups (broad SMARTS) is 1. The summed E-state index contributed by atoms with van der Waals surface area (Å²) in [7, 11) is -4.12. The Morgan fingerprint density at radius 3 is 2.47 bits per heavy atom. The van der Waals surface area contributed by atoms with Gasteiger partial charge in [0.1, 0.15) is 6.04 Å². The number of carboxylic acids is 1. The first-order valence-electron chi connectivity index (χ1n) is 5.25. The predicted molar refractivity (Wildman–Crippen MR) is 65.3 cm³/mol. The molecule has 8 heteroatoms. The van der Waals surface area contributed by atoms with Crippen LogP contribution in [0.2, 0.25) is 0 Å². The van der Waals surface area contributed by atoms with Crippen molar-refractivity contribution in [3.63, 3.8) is 0 Å². The zero-order valence-corrected chi connectivity index (χ0v) is 10.8. The highest BCUT2D eigenvalue weighted by Gasteiger charge is 2.24. The Balaban J connectivity index is 3.10. The van der Waals surface area contributed by atoms with E-state index in [0.29, 0.717) is 0 Å². The molecule has 0 aliphatic carbocycles. The van der Waals surface area contributed by atoms with E-state index >= 15 is 0 Å². The molecule has 0 bridgehead atoms. The maximum atomic E-state index is 11.9. The molecule has 0 amide bonds. The third-order valence-electron chi connectivity index (χ3n) is 2.33. The van der Waals surface area contributed by atoms with Crippen LogP contribution in [0.5, 0.6) is 0 Å². The predicted octanol–water partition coefficient (Wildman–Crippen LogP) is -0.387. The molecule has 0 saturated heterocycles. The van der Waals surface area contributed by atoms with Gasteiger partial charge in [0.15, 0.2) is 5.78 Å². The van der Waals surface area contributed by atoms with Gasteiger partial charge in [-0.2, -0.15) is 4.72 Å². The Morgan fingerprint density at radius 1 is 1.37 bits per heavy atom. The van der Waals surface area contributed by atoms with Gasteiger partial charge < -0.3 is 10.2 Å². The van der Waals surface area contributed by atoms with Crippen LogP contribution >= 0.6 is 0 Å². The number of hydrogen-bond acceptors (Lipinski definition) is 5. The number of sulfonamides is 1. The average molecular weight is 287 g/mol. The molecule has 0 radical (unpaired) electrons. The third-order valence-corrected chi connectivity index (χ3v) is 3.80. The standard InChI is InChI=1S/C11H13NO6S/c1-7(14)8-3-2-4-9(5-8)19(17,18)12-10(6-13)11(15)16/h2-5,10,12-13H,6H2,1H3,(H,15,16)/t10-/m1/s1. The molecule has 1 aromatic carbocycles. The van der Waals surface area contributed by atoms with Gasteiger partial charge in [0.2, 0.25) is 10.0 Å². The van der Waals surface area contributed by atoms with E-state index in [9.17, 15) is 18.0 Å². The quantitative estimate of drug-likeness (QED) is 0.613. The third kappa shape index (κ3) is 3.85. The molecule has 0 fully saturated rings. The molecule has 3 N–H and O–H groups in total. The molecule has 104 valence electrons. The lowest BCUT2D eigenvalue weighted by Gasteiger charge is -2.12. The lowest BCUT2D eigenvalue weighted by atomic mass is 10.2. The molecule has 0 aromatic heterocycles. The molecule has 0 aliphatic heterocycles. The van der Waals surface area contributed by atoms with E-state index in [1.54, 1.807) is 0 Å². The van der Waals surface area contributed by atoms with Crippen LogP contribution in [-0.2, 0) is 14.8 Å². The number of aliphatic carboxylic acids is 1. The summed E-state index contributed by atoms with van der Waals surface area (Å²) in [5.74, 6) is -1.80. The van der Waals surface area contributed by atoms with E-state index in [-0.39, 0.29) is 16.2 Å². The number of Topliss-reactive ketones (excluding diaryl/α,β-unsaturated/α-hetero) is 1. The van der Waals surface area contributed by atoms with E-state index in [2.05, 4.69) is 0 Å². The number of hydrogen-bond donors (Lipinski definition) is 3. The van der Waals surface area contributed by atoms with E-state index in [4.69, 9.17) is 10.2 Å². The van der Waals surface area contributed by atoms with Gasteiger partial charge in [0.25, 0.3) is 0 Å². The number of carbonyl (C=O) groups is 2. The van der Waals surface area contributed by atoms with Crippen molar-refractivity contribution in [1.29, 1.82) is 0 Å². The molecule has 0 saturated carbocycles. The SMILES string of the molecule is CC(=O)c1cccc(S(=O)(=O)N[C@H](CO)C(=O)O)c1. The topological polar surface area (TPSA) is 121 Å². The first-order chi connectivity index (χ1) is 8.77. The van der Waals surface area contributed by atoms with Crippen LogP contribution in [0.25, 0.3) is 0 Å². The summed E-state index contributed by atoms with van der Waals surface area (Å²) in [6, 6.07) is 3.56. The minimum absolute atomic E-state index is 0.193. The molecule has 0 spiro atoms. The Hall–Kier alpha value is -1.77. The van der Waals surface area contributed by atoms with Gasteiger partial charge in [-0.3, -0.25) is 9.59 Å². The second kappa shape index (κ2) is 5.91. The lowest BCUT2D eigenvalue weighted by molar-refractivity contribution is -0.139. The van der Waals surface area contributed by atoms with Crippen molar-refractivity contribution in [3.8, 4) is 0 Å². The number of aliphatic hydroxyl groups is 1.